The van der Waals surface area contributed by atoms with Crippen LogP contribution in [0.2, 0.25) is 0 Å². The van der Waals surface area contributed by atoms with E-state index in [1.807, 2.05) is 54.6 Å². The minimum absolute atomic E-state index is 0.00998. The van der Waals surface area contributed by atoms with Crippen LogP contribution in [0.4, 0.5) is 4.79 Å². The Hall–Kier alpha value is -3.00. The quantitative estimate of drug-likeness (QED) is 0.703. The van der Waals surface area contributed by atoms with E-state index >= 15 is 0 Å². The molecular formula is C26H30N2O5S. The van der Waals surface area contributed by atoms with Gasteiger partial charge in [-0.25, -0.2) is 9.59 Å². The summed E-state index contributed by atoms with van der Waals surface area (Å²) in [6.07, 6.45) is 0.132. The molecule has 0 saturated carbocycles. The molecule has 2 amide bonds. The monoisotopic (exact) mass is 482 g/mol. The van der Waals surface area contributed by atoms with Crippen LogP contribution in [0.25, 0.3) is 0 Å². The van der Waals surface area contributed by atoms with Crippen molar-refractivity contribution in [1.29, 1.82) is 0 Å². The lowest BCUT2D eigenvalue weighted by molar-refractivity contribution is -0.153. The second-order valence-corrected chi connectivity index (χ2v) is 11.1. The number of ether oxygens (including phenoxy) is 1. The van der Waals surface area contributed by atoms with Crippen LogP contribution >= 0.6 is 11.8 Å². The molecule has 0 radical (unpaired) electrons. The number of rotatable bonds is 4. The Morgan fingerprint density at radius 1 is 0.941 bits per heavy atom. The number of carbonyl (C=O) groups excluding carboxylic acids is 2. The topological polar surface area (TPSA) is 87.2 Å². The number of thioether (sulfide) groups is 1. The highest BCUT2D eigenvalue weighted by Gasteiger charge is 2.46. The van der Waals surface area contributed by atoms with Crippen LogP contribution in [-0.4, -0.2) is 62.4 Å². The largest absolute Gasteiger partial charge is 0.480 e. The number of nitrogens with zero attached hydrogens (tertiary/aromatic N) is 2. The number of aliphatic carboxylic acids is 1. The number of benzene rings is 2. The molecule has 7 nitrogen and oxygen atoms in total. The molecule has 2 aliphatic heterocycles. The van der Waals surface area contributed by atoms with Gasteiger partial charge in [-0.15, -0.1) is 11.8 Å². The van der Waals surface area contributed by atoms with E-state index < -0.39 is 29.7 Å². The average Bonchev–Trinajstić information content (AvgIpc) is 3.21. The first kappa shape index (κ1) is 24.1. The molecule has 4 rings (SSSR count). The van der Waals surface area contributed by atoms with Crippen molar-refractivity contribution >= 4 is 29.7 Å². The molecule has 2 aliphatic rings. The first-order valence-corrected chi connectivity index (χ1v) is 12.3. The molecule has 0 unspecified atom stereocenters. The van der Waals surface area contributed by atoms with Gasteiger partial charge in [0, 0.05) is 29.7 Å². The summed E-state index contributed by atoms with van der Waals surface area (Å²) in [7, 11) is 0. The Bertz CT molecular complexity index is 1070. The van der Waals surface area contributed by atoms with Crippen LogP contribution in [0.1, 0.15) is 38.3 Å². The van der Waals surface area contributed by atoms with Crippen LogP contribution in [0.15, 0.2) is 59.5 Å². The van der Waals surface area contributed by atoms with Gasteiger partial charge in [-0.3, -0.25) is 9.69 Å². The van der Waals surface area contributed by atoms with Crippen molar-refractivity contribution in [1.82, 2.24) is 9.80 Å². The van der Waals surface area contributed by atoms with Crippen LogP contribution in [0, 0.1) is 0 Å². The van der Waals surface area contributed by atoms with Crippen molar-refractivity contribution in [3.8, 4) is 0 Å². The summed E-state index contributed by atoms with van der Waals surface area (Å²) in [5.41, 5.74) is 1.17. The highest BCUT2D eigenvalue weighted by molar-refractivity contribution is 8.00. The SMILES string of the molecule is CC(C)(C)OC(=O)N1C[C@H](Sc2ccccc2)C[C@@H]1C(=O)N1Cc2ccccc2C[C@@H]1C(=O)O. The van der Waals surface area contributed by atoms with E-state index in [0.29, 0.717) is 13.0 Å². The van der Waals surface area contributed by atoms with Gasteiger partial charge >= 0.3 is 12.1 Å². The molecular weight excluding hydrogens is 452 g/mol. The Balaban J connectivity index is 1.60. The van der Waals surface area contributed by atoms with Gasteiger partial charge in [0.2, 0.25) is 5.91 Å². The maximum Gasteiger partial charge on any atom is 0.411 e. The number of fused-ring (bicyclic) bond motifs is 1. The summed E-state index contributed by atoms with van der Waals surface area (Å²) in [6, 6.07) is 15.7. The number of hydrogen-bond acceptors (Lipinski definition) is 5. The lowest BCUT2D eigenvalue weighted by Crippen LogP contribution is -2.55. The predicted octanol–water partition coefficient (Wildman–Crippen LogP) is 4.19. The van der Waals surface area contributed by atoms with Crippen LogP contribution in [0.5, 0.6) is 0 Å². The van der Waals surface area contributed by atoms with Gasteiger partial charge in [0.25, 0.3) is 0 Å². The van der Waals surface area contributed by atoms with Crippen LogP contribution < -0.4 is 0 Å². The van der Waals surface area contributed by atoms with Crippen LogP contribution in [0.3, 0.4) is 0 Å². The molecule has 2 aromatic carbocycles. The molecule has 2 aromatic rings. The maximum absolute atomic E-state index is 13.8. The first-order chi connectivity index (χ1) is 16.1. The highest BCUT2D eigenvalue weighted by Crippen LogP contribution is 2.35. The van der Waals surface area contributed by atoms with Gasteiger partial charge in [0.15, 0.2) is 0 Å². The fourth-order valence-electron chi connectivity index (χ4n) is 4.50. The summed E-state index contributed by atoms with van der Waals surface area (Å²) in [4.78, 5) is 42.9. The van der Waals surface area contributed by atoms with E-state index in [1.165, 1.54) is 9.80 Å². The van der Waals surface area contributed by atoms with E-state index in [-0.39, 0.29) is 24.1 Å². The third-order valence-electron chi connectivity index (χ3n) is 6.04. The fraction of sp³-hybridized carbons (Fsp3) is 0.423. The molecule has 180 valence electrons. The maximum atomic E-state index is 13.8. The summed E-state index contributed by atoms with van der Waals surface area (Å²) in [5.74, 6) is -1.39. The van der Waals surface area contributed by atoms with Gasteiger partial charge in [-0.1, -0.05) is 42.5 Å². The molecule has 8 heteroatoms. The van der Waals surface area contributed by atoms with Crippen LogP contribution in [-0.2, 0) is 27.3 Å². The molecule has 3 atom stereocenters. The summed E-state index contributed by atoms with van der Waals surface area (Å²) >= 11 is 1.62. The first-order valence-electron chi connectivity index (χ1n) is 11.4. The molecule has 34 heavy (non-hydrogen) atoms. The molecule has 2 heterocycles. The lowest BCUT2D eigenvalue weighted by Gasteiger charge is -2.37. The molecule has 1 saturated heterocycles. The van der Waals surface area contributed by atoms with Crippen molar-refractivity contribution in [3.05, 3.63) is 65.7 Å². The Labute approximate surface area is 204 Å². The Kier molecular flexibility index (Phi) is 6.89. The number of hydrogen-bond donors (Lipinski definition) is 1. The smallest absolute Gasteiger partial charge is 0.411 e. The lowest BCUT2D eigenvalue weighted by atomic mass is 9.93. The van der Waals surface area contributed by atoms with Crippen molar-refractivity contribution in [2.45, 2.75) is 68.0 Å². The highest BCUT2D eigenvalue weighted by atomic mass is 32.2. The number of carbonyl (C=O) groups is 3. The van der Waals surface area contributed by atoms with Gasteiger partial charge in [-0.05, 0) is 50.5 Å². The zero-order valence-electron chi connectivity index (χ0n) is 19.6. The van der Waals surface area contributed by atoms with Crippen molar-refractivity contribution in [2.75, 3.05) is 6.54 Å². The average molecular weight is 483 g/mol. The Morgan fingerprint density at radius 3 is 2.24 bits per heavy atom. The standard InChI is InChI=1S/C26H30N2O5S/c1-26(2,3)33-25(32)28-16-20(34-19-11-5-4-6-12-19)14-21(28)23(29)27-15-18-10-8-7-9-17(18)13-22(27)24(30)31/h4-12,20-22H,13-16H2,1-3H3,(H,30,31)/t20-,21-,22-/m1/s1. The number of amides is 2. The van der Waals surface area contributed by atoms with Crippen molar-refractivity contribution in [3.63, 3.8) is 0 Å². The third kappa shape index (κ3) is 5.38. The van der Waals surface area contributed by atoms with Gasteiger partial charge in [0.05, 0.1) is 0 Å². The molecule has 1 N–H and O–H groups in total. The van der Waals surface area contributed by atoms with E-state index in [9.17, 15) is 19.5 Å². The number of carboxylic acids is 1. The summed E-state index contributed by atoms with van der Waals surface area (Å²) in [6.45, 7) is 5.93. The van der Waals surface area contributed by atoms with E-state index in [2.05, 4.69) is 0 Å². The number of likely N-dealkylation sites (tertiary alicyclic amines) is 1. The fourth-order valence-corrected chi connectivity index (χ4v) is 5.71. The number of carboxylic acid groups (broad SMARTS) is 1. The van der Waals surface area contributed by atoms with Crippen molar-refractivity contribution < 1.29 is 24.2 Å². The van der Waals surface area contributed by atoms with Gasteiger partial charge < -0.3 is 14.7 Å². The molecule has 0 bridgehead atoms. The predicted molar refractivity (Wildman–Crippen MR) is 130 cm³/mol. The molecule has 1 fully saturated rings. The minimum Gasteiger partial charge on any atom is -0.480 e. The van der Waals surface area contributed by atoms with E-state index in [0.717, 1.165) is 16.0 Å². The molecule has 0 spiro atoms. The molecule has 0 aliphatic carbocycles. The zero-order valence-corrected chi connectivity index (χ0v) is 20.5. The van der Waals surface area contributed by atoms with E-state index in [1.54, 1.807) is 32.5 Å². The second-order valence-electron chi connectivity index (χ2n) is 9.73. The summed E-state index contributed by atoms with van der Waals surface area (Å²) < 4.78 is 5.61. The Morgan fingerprint density at radius 2 is 1.59 bits per heavy atom. The summed E-state index contributed by atoms with van der Waals surface area (Å²) in [5, 5.41) is 9.89. The van der Waals surface area contributed by atoms with Gasteiger partial charge in [0.1, 0.15) is 17.7 Å². The van der Waals surface area contributed by atoms with Crippen molar-refractivity contribution in [2.24, 2.45) is 0 Å². The van der Waals surface area contributed by atoms with Gasteiger partial charge in [-0.2, -0.15) is 0 Å². The minimum atomic E-state index is -1.04. The third-order valence-corrected chi connectivity index (χ3v) is 7.26. The zero-order chi connectivity index (χ0) is 24.5. The second kappa shape index (κ2) is 9.70. The normalized spacial score (nSPS) is 22.3. The molecule has 0 aromatic heterocycles. The van der Waals surface area contributed by atoms with E-state index in [4.69, 9.17) is 4.74 Å².